The highest BCUT2D eigenvalue weighted by atomic mass is 16.5. The lowest BCUT2D eigenvalue weighted by atomic mass is 9.81. The fourth-order valence-electron chi connectivity index (χ4n) is 5.22. The van der Waals surface area contributed by atoms with Crippen LogP contribution >= 0.6 is 0 Å². The van der Waals surface area contributed by atoms with Crippen molar-refractivity contribution >= 4 is 28.4 Å². The predicted octanol–water partition coefficient (Wildman–Crippen LogP) is 4.52. The van der Waals surface area contributed by atoms with Gasteiger partial charge in [-0.3, -0.25) is 0 Å². The summed E-state index contributed by atoms with van der Waals surface area (Å²) in [6, 6.07) is 1.89. The van der Waals surface area contributed by atoms with Crippen molar-refractivity contribution in [3.05, 3.63) is 35.7 Å². The third kappa shape index (κ3) is 4.07. The molecule has 0 aromatic carbocycles. The molecule has 5 rings (SSSR count). The van der Waals surface area contributed by atoms with Gasteiger partial charge in [0.25, 0.3) is 0 Å². The molecule has 2 atom stereocenters. The van der Waals surface area contributed by atoms with Crippen molar-refractivity contribution in [2.45, 2.75) is 64.4 Å². The van der Waals surface area contributed by atoms with Gasteiger partial charge in [-0.25, -0.2) is 14.5 Å². The Hall–Kier alpha value is -2.67. The summed E-state index contributed by atoms with van der Waals surface area (Å²) in [5.41, 5.74) is 4.18. The Bertz CT molecular complexity index is 1100. The Kier molecular flexibility index (Phi) is 5.99. The van der Waals surface area contributed by atoms with Crippen molar-refractivity contribution in [1.29, 1.82) is 0 Å². The number of allylic oxidation sites excluding steroid dienone is 4. The van der Waals surface area contributed by atoms with Crippen LogP contribution in [0.2, 0.25) is 0 Å². The fraction of sp³-hybridized carbons (Fsp3) is 0.577. The minimum atomic E-state index is -0.434. The van der Waals surface area contributed by atoms with E-state index < -0.39 is 5.97 Å². The molecule has 3 heterocycles. The van der Waals surface area contributed by atoms with Gasteiger partial charge >= 0.3 is 5.97 Å². The molecule has 7 heteroatoms. The quantitative estimate of drug-likeness (QED) is 0.675. The van der Waals surface area contributed by atoms with Crippen molar-refractivity contribution in [2.24, 2.45) is 11.8 Å². The van der Waals surface area contributed by atoms with Crippen LogP contribution < -0.4 is 4.90 Å². The van der Waals surface area contributed by atoms with Gasteiger partial charge in [0, 0.05) is 19.0 Å². The lowest BCUT2D eigenvalue weighted by Gasteiger charge is -2.35. The molecule has 2 aliphatic carbocycles. The van der Waals surface area contributed by atoms with Crippen molar-refractivity contribution < 1.29 is 14.6 Å². The normalized spacial score (nSPS) is 22.8. The summed E-state index contributed by atoms with van der Waals surface area (Å²) in [6.45, 7) is 5.76. The van der Waals surface area contributed by atoms with Crippen LogP contribution in [-0.2, 0) is 4.74 Å². The molecule has 2 aromatic heterocycles. The van der Waals surface area contributed by atoms with E-state index in [0.717, 1.165) is 73.3 Å². The van der Waals surface area contributed by atoms with Crippen LogP contribution in [0, 0.1) is 11.8 Å². The zero-order valence-electron chi connectivity index (χ0n) is 19.8. The zero-order chi connectivity index (χ0) is 23.1. The standard InChI is InChI=1S/C26H34N4O3/c1-16-7-9-20(10-8-16)30-25-23(24(28-30)19-5-4-6-19)22(15-21(27-25)26(32)33-3)29-13-11-18(12-14-29)17(2)31/h7,9-10,15-19,31H,4-6,8,11-14H2,1-3H3. The maximum atomic E-state index is 12.6. The summed E-state index contributed by atoms with van der Waals surface area (Å²) in [4.78, 5) is 19.7. The molecule has 176 valence electrons. The lowest BCUT2D eigenvalue weighted by Crippen LogP contribution is -2.37. The molecule has 33 heavy (non-hydrogen) atoms. The monoisotopic (exact) mass is 450 g/mol. The van der Waals surface area contributed by atoms with Crippen LogP contribution in [0.15, 0.2) is 24.3 Å². The molecule has 7 nitrogen and oxygen atoms in total. The summed E-state index contributed by atoms with van der Waals surface area (Å²) in [5.74, 6) is 0.815. The van der Waals surface area contributed by atoms with Gasteiger partial charge < -0.3 is 14.7 Å². The van der Waals surface area contributed by atoms with Crippen LogP contribution in [0.3, 0.4) is 0 Å². The largest absolute Gasteiger partial charge is 0.464 e. The van der Waals surface area contributed by atoms with E-state index >= 15 is 0 Å². The second-order valence-electron chi connectivity index (χ2n) is 9.91. The Morgan fingerprint density at radius 3 is 2.58 bits per heavy atom. The number of carbonyl (C=O) groups excluding carboxylic acids is 1. The smallest absolute Gasteiger partial charge is 0.356 e. The van der Waals surface area contributed by atoms with E-state index in [4.69, 9.17) is 14.8 Å². The molecule has 3 aliphatic rings. The van der Waals surface area contributed by atoms with Crippen molar-refractivity contribution in [3.63, 3.8) is 0 Å². The van der Waals surface area contributed by atoms with E-state index in [9.17, 15) is 9.90 Å². The number of anilines is 1. The van der Waals surface area contributed by atoms with E-state index in [-0.39, 0.29) is 6.10 Å². The third-order valence-corrected chi connectivity index (χ3v) is 7.63. The van der Waals surface area contributed by atoms with Crippen molar-refractivity contribution in [3.8, 4) is 0 Å². The highest BCUT2D eigenvalue weighted by molar-refractivity contribution is 5.99. The van der Waals surface area contributed by atoms with Crippen molar-refractivity contribution in [2.75, 3.05) is 25.1 Å². The molecular weight excluding hydrogens is 416 g/mol. The first-order valence-corrected chi connectivity index (χ1v) is 12.3. The molecule has 2 unspecified atom stereocenters. The van der Waals surface area contributed by atoms with Gasteiger partial charge in [0.2, 0.25) is 0 Å². The van der Waals surface area contributed by atoms with E-state index in [1.807, 2.05) is 17.7 Å². The number of ether oxygens (including phenoxy) is 1. The summed E-state index contributed by atoms with van der Waals surface area (Å²) < 4.78 is 6.99. The molecular formula is C26H34N4O3. The van der Waals surface area contributed by atoms with Crippen LogP contribution in [0.5, 0.6) is 0 Å². The topological polar surface area (TPSA) is 80.5 Å². The summed E-state index contributed by atoms with van der Waals surface area (Å²) >= 11 is 0. The van der Waals surface area contributed by atoms with E-state index in [1.54, 1.807) is 0 Å². The van der Waals surface area contributed by atoms with E-state index in [1.165, 1.54) is 13.5 Å². The molecule has 1 aliphatic heterocycles. The third-order valence-electron chi connectivity index (χ3n) is 7.63. The number of hydrogen-bond acceptors (Lipinski definition) is 6. The Balaban J connectivity index is 1.66. The van der Waals surface area contributed by atoms with Crippen LogP contribution in [0.4, 0.5) is 5.69 Å². The van der Waals surface area contributed by atoms with Crippen LogP contribution in [0.25, 0.3) is 16.7 Å². The minimum Gasteiger partial charge on any atom is -0.464 e. The highest BCUT2D eigenvalue weighted by Gasteiger charge is 2.32. The molecule has 1 saturated heterocycles. The Morgan fingerprint density at radius 2 is 2.00 bits per heavy atom. The second-order valence-corrected chi connectivity index (χ2v) is 9.91. The molecule has 1 saturated carbocycles. The van der Waals surface area contributed by atoms with Gasteiger partial charge in [-0.05, 0) is 63.0 Å². The van der Waals surface area contributed by atoms with Gasteiger partial charge in [0.15, 0.2) is 11.3 Å². The highest BCUT2D eigenvalue weighted by Crippen LogP contribution is 2.43. The molecule has 0 radical (unpaired) electrons. The Labute approximate surface area is 195 Å². The van der Waals surface area contributed by atoms with Crippen molar-refractivity contribution in [1.82, 2.24) is 14.8 Å². The number of rotatable bonds is 5. The average Bonchev–Trinajstić information content (AvgIpc) is 3.16. The molecule has 2 aromatic rings. The summed E-state index contributed by atoms with van der Waals surface area (Å²) in [5, 5.41) is 16.2. The van der Waals surface area contributed by atoms with E-state index in [2.05, 4.69) is 30.1 Å². The second kappa shape index (κ2) is 8.93. The molecule has 0 bridgehead atoms. The zero-order valence-corrected chi connectivity index (χ0v) is 19.8. The van der Waals surface area contributed by atoms with Crippen LogP contribution in [0.1, 0.15) is 74.5 Å². The van der Waals surface area contributed by atoms with Gasteiger partial charge in [0.05, 0.1) is 35.7 Å². The number of aromatic nitrogens is 3. The molecule has 1 N–H and O–H groups in total. The number of pyridine rings is 1. The minimum absolute atomic E-state index is 0.295. The van der Waals surface area contributed by atoms with Gasteiger partial charge in [0.1, 0.15) is 0 Å². The number of esters is 1. The number of fused-ring (bicyclic) bond motifs is 1. The average molecular weight is 451 g/mol. The number of hydrogen-bond donors (Lipinski definition) is 1. The molecule has 2 fully saturated rings. The number of aliphatic hydroxyl groups is 1. The maximum absolute atomic E-state index is 12.6. The van der Waals surface area contributed by atoms with Gasteiger partial charge in [-0.15, -0.1) is 0 Å². The molecule has 0 spiro atoms. The van der Waals surface area contributed by atoms with Crippen LogP contribution in [-0.4, -0.2) is 52.1 Å². The lowest BCUT2D eigenvalue weighted by molar-refractivity contribution is 0.0594. The number of methoxy groups -OCH3 is 1. The number of aliphatic hydroxyl groups excluding tert-OH is 1. The first-order chi connectivity index (χ1) is 16.0. The number of nitrogens with zero attached hydrogens (tertiary/aromatic N) is 4. The first-order valence-electron chi connectivity index (χ1n) is 12.3. The first kappa shape index (κ1) is 22.1. The number of carbonyl (C=O) groups is 1. The number of piperidine rings is 1. The summed E-state index contributed by atoms with van der Waals surface area (Å²) in [7, 11) is 1.40. The van der Waals surface area contributed by atoms with Gasteiger partial charge in [-0.2, -0.15) is 5.10 Å². The fourth-order valence-corrected chi connectivity index (χ4v) is 5.22. The molecule has 0 amide bonds. The summed E-state index contributed by atoms with van der Waals surface area (Å²) in [6.07, 6.45) is 12.5. The predicted molar refractivity (Wildman–Crippen MR) is 129 cm³/mol. The Morgan fingerprint density at radius 1 is 1.24 bits per heavy atom. The van der Waals surface area contributed by atoms with E-state index in [0.29, 0.717) is 23.4 Å². The maximum Gasteiger partial charge on any atom is 0.356 e. The SMILES string of the molecule is COC(=O)c1cc(N2CCC(C(C)O)CC2)c2c(C3CCC3)nn(C3=CCC(C)C=C3)c2n1. The van der Waals surface area contributed by atoms with Gasteiger partial charge in [-0.1, -0.05) is 25.5 Å².